The van der Waals surface area contributed by atoms with Gasteiger partial charge in [-0.15, -0.1) is 0 Å². The molecule has 1 aromatic heterocycles. The summed E-state index contributed by atoms with van der Waals surface area (Å²) in [5, 5.41) is 13.0. The standard InChI is InChI=1S/C12H8FN3O3/c13-11-6-3-9(7-14-11)15-12(17)8-1-4-10(5-2-8)16(18)19/h1-7H,(H,15,17). The number of nitro benzene ring substituents is 1. The van der Waals surface area contributed by atoms with Gasteiger partial charge in [-0.2, -0.15) is 4.39 Å². The van der Waals surface area contributed by atoms with Gasteiger partial charge in [-0.05, 0) is 24.3 Å². The summed E-state index contributed by atoms with van der Waals surface area (Å²) in [5.41, 5.74) is 0.500. The summed E-state index contributed by atoms with van der Waals surface area (Å²) in [6.07, 6.45) is 1.18. The molecule has 2 aromatic rings. The minimum atomic E-state index is -0.645. The number of nitro groups is 1. The molecule has 0 bridgehead atoms. The van der Waals surface area contributed by atoms with Gasteiger partial charge in [0.05, 0.1) is 16.8 Å². The highest BCUT2D eigenvalue weighted by molar-refractivity contribution is 6.04. The first-order valence-corrected chi connectivity index (χ1v) is 5.23. The van der Waals surface area contributed by atoms with Crippen LogP contribution in [-0.2, 0) is 0 Å². The largest absolute Gasteiger partial charge is 0.321 e. The molecule has 0 atom stereocenters. The van der Waals surface area contributed by atoms with Crippen LogP contribution < -0.4 is 5.32 Å². The summed E-state index contributed by atoms with van der Waals surface area (Å²) in [5.74, 6) is -1.10. The SMILES string of the molecule is O=C(Nc1ccc(F)nc1)c1ccc([N+](=O)[O-])cc1. The highest BCUT2D eigenvalue weighted by Crippen LogP contribution is 2.13. The molecule has 0 aliphatic carbocycles. The van der Waals surface area contributed by atoms with E-state index in [0.717, 1.165) is 6.07 Å². The van der Waals surface area contributed by atoms with Gasteiger partial charge in [0, 0.05) is 17.7 Å². The molecule has 1 aromatic carbocycles. The zero-order chi connectivity index (χ0) is 13.8. The fourth-order valence-corrected chi connectivity index (χ4v) is 1.39. The Morgan fingerprint density at radius 3 is 2.42 bits per heavy atom. The number of amides is 1. The minimum absolute atomic E-state index is 0.0972. The van der Waals surface area contributed by atoms with Crippen molar-refractivity contribution in [3.05, 3.63) is 64.2 Å². The predicted molar refractivity (Wildman–Crippen MR) is 65.2 cm³/mol. The number of nitrogens with zero attached hydrogens (tertiary/aromatic N) is 2. The Bertz CT molecular complexity index is 611. The molecule has 6 nitrogen and oxygen atoms in total. The van der Waals surface area contributed by atoms with Gasteiger partial charge in [0.15, 0.2) is 0 Å². The molecule has 7 heteroatoms. The molecule has 0 aliphatic rings. The molecule has 0 saturated carbocycles. The fraction of sp³-hybridized carbons (Fsp3) is 0. The van der Waals surface area contributed by atoms with Crippen LogP contribution in [0.15, 0.2) is 42.6 Å². The van der Waals surface area contributed by atoms with Crippen molar-refractivity contribution in [1.29, 1.82) is 0 Å². The molecular weight excluding hydrogens is 253 g/mol. The number of nitrogens with one attached hydrogen (secondary N) is 1. The predicted octanol–water partition coefficient (Wildman–Crippen LogP) is 2.38. The second kappa shape index (κ2) is 5.21. The third-order valence-corrected chi connectivity index (χ3v) is 2.33. The first kappa shape index (κ1) is 12.6. The number of halogens is 1. The Morgan fingerprint density at radius 2 is 1.89 bits per heavy atom. The maximum absolute atomic E-state index is 12.6. The summed E-state index contributed by atoms with van der Waals surface area (Å²) in [7, 11) is 0. The zero-order valence-electron chi connectivity index (χ0n) is 9.54. The molecule has 0 aliphatic heterocycles. The third kappa shape index (κ3) is 3.09. The van der Waals surface area contributed by atoms with Crippen molar-refractivity contribution in [3.63, 3.8) is 0 Å². The monoisotopic (exact) mass is 261 g/mol. The van der Waals surface area contributed by atoms with Gasteiger partial charge in [0.25, 0.3) is 11.6 Å². The van der Waals surface area contributed by atoms with E-state index in [9.17, 15) is 19.3 Å². The van der Waals surface area contributed by atoms with Crippen molar-refractivity contribution in [2.24, 2.45) is 0 Å². The van der Waals surface area contributed by atoms with Gasteiger partial charge < -0.3 is 5.32 Å². The van der Waals surface area contributed by atoms with Crippen LogP contribution in [0.25, 0.3) is 0 Å². The van der Waals surface area contributed by atoms with Crippen LogP contribution in [0.2, 0.25) is 0 Å². The van der Waals surface area contributed by atoms with Crippen molar-refractivity contribution in [3.8, 4) is 0 Å². The first-order chi connectivity index (χ1) is 9.06. The average Bonchev–Trinajstić information content (AvgIpc) is 2.41. The van der Waals surface area contributed by atoms with Crippen LogP contribution in [0, 0.1) is 16.1 Å². The van der Waals surface area contributed by atoms with Crippen LogP contribution in [0.3, 0.4) is 0 Å². The molecule has 1 N–H and O–H groups in total. The highest BCUT2D eigenvalue weighted by atomic mass is 19.1. The number of carbonyl (C=O) groups is 1. The Morgan fingerprint density at radius 1 is 1.21 bits per heavy atom. The molecule has 0 fully saturated rings. The van der Waals surface area contributed by atoms with Crippen molar-refractivity contribution < 1.29 is 14.1 Å². The fourth-order valence-electron chi connectivity index (χ4n) is 1.39. The molecule has 2 rings (SSSR count). The molecule has 1 heterocycles. The Kier molecular flexibility index (Phi) is 3.46. The average molecular weight is 261 g/mol. The van der Waals surface area contributed by atoms with Crippen LogP contribution in [-0.4, -0.2) is 15.8 Å². The van der Waals surface area contributed by atoms with Crippen molar-refractivity contribution in [2.75, 3.05) is 5.32 Å². The Labute approximate surface area is 107 Å². The number of hydrogen-bond donors (Lipinski definition) is 1. The van der Waals surface area contributed by atoms with Crippen LogP contribution in [0.5, 0.6) is 0 Å². The Balaban J connectivity index is 2.11. The van der Waals surface area contributed by atoms with Gasteiger partial charge in [0.2, 0.25) is 5.95 Å². The minimum Gasteiger partial charge on any atom is -0.321 e. The van der Waals surface area contributed by atoms with E-state index in [1.165, 1.54) is 36.5 Å². The van der Waals surface area contributed by atoms with Gasteiger partial charge in [-0.25, -0.2) is 4.98 Å². The lowest BCUT2D eigenvalue weighted by molar-refractivity contribution is -0.384. The van der Waals surface area contributed by atoms with E-state index in [1.807, 2.05) is 0 Å². The molecule has 96 valence electrons. The second-order valence-corrected chi connectivity index (χ2v) is 3.63. The van der Waals surface area contributed by atoms with E-state index in [2.05, 4.69) is 10.3 Å². The van der Waals surface area contributed by atoms with Crippen molar-refractivity contribution in [1.82, 2.24) is 4.98 Å². The number of aromatic nitrogens is 1. The first-order valence-electron chi connectivity index (χ1n) is 5.23. The van der Waals surface area contributed by atoms with Gasteiger partial charge in [0.1, 0.15) is 0 Å². The summed E-state index contributed by atoms with van der Waals surface area (Å²) >= 11 is 0. The second-order valence-electron chi connectivity index (χ2n) is 3.63. The van der Waals surface area contributed by atoms with E-state index in [0.29, 0.717) is 5.69 Å². The van der Waals surface area contributed by atoms with Gasteiger partial charge in [-0.1, -0.05) is 0 Å². The molecule has 0 unspecified atom stereocenters. The van der Waals surface area contributed by atoms with Crippen LogP contribution >= 0.6 is 0 Å². The Hall–Kier alpha value is -2.83. The van der Waals surface area contributed by atoms with Crippen LogP contribution in [0.4, 0.5) is 15.8 Å². The number of anilines is 1. The van der Waals surface area contributed by atoms with Crippen molar-refractivity contribution >= 4 is 17.3 Å². The topological polar surface area (TPSA) is 85.1 Å². The summed E-state index contributed by atoms with van der Waals surface area (Å²) in [6, 6.07) is 7.63. The van der Waals surface area contributed by atoms with Gasteiger partial charge in [-0.3, -0.25) is 14.9 Å². The molecule has 1 amide bonds. The smallest absolute Gasteiger partial charge is 0.269 e. The van der Waals surface area contributed by atoms with Crippen molar-refractivity contribution in [2.45, 2.75) is 0 Å². The normalized spacial score (nSPS) is 9.95. The number of hydrogen-bond acceptors (Lipinski definition) is 4. The lowest BCUT2D eigenvalue weighted by Gasteiger charge is -2.04. The molecular formula is C12H8FN3O3. The number of pyridine rings is 1. The molecule has 0 saturated heterocycles. The number of benzene rings is 1. The highest BCUT2D eigenvalue weighted by Gasteiger charge is 2.09. The number of carbonyl (C=O) groups excluding carboxylic acids is 1. The van der Waals surface area contributed by atoms with E-state index in [-0.39, 0.29) is 11.3 Å². The molecule has 0 spiro atoms. The number of non-ortho nitro benzene ring substituents is 1. The molecule has 19 heavy (non-hydrogen) atoms. The van der Waals surface area contributed by atoms with E-state index >= 15 is 0 Å². The van der Waals surface area contributed by atoms with E-state index in [1.54, 1.807) is 0 Å². The third-order valence-electron chi connectivity index (χ3n) is 2.33. The van der Waals surface area contributed by atoms with E-state index in [4.69, 9.17) is 0 Å². The maximum atomic E-state index is 12.6. The zero-order valence-corrected chi connectivity index (χ0v) is 9.54. The number of rotatable bonds is 3. The van der Waals surface area contributed by atoms with Crippen LogP contribution in [0.1, 0.15) is 10.4 Å². The molecule has 0 radical (unpaired) electrons. The summed E-state index contributed by atoms with van der Waals surface area (Å²) < 4.78 is 12.6. The summed E-state index contributed by atoms with van der Waals surface area (Å²) in [6.45, 7) is 0. The summed E-state index contributed by atoms with van der Waals surface area (Å²) in [4.78, 5) is 25.1. The van der Waals surface area contributed by atoms with E-state index < -0.39 is 16.8 Å². The lowest BCUT2D eigenvalue weighted by Crippen LogP contribution is -2.12. The quantitative estimate of drug-likeness (QED) is 0.522. The lowest BCUT2D eigenvalue weighted by atomic mass is 10.2. The maximum Gasteiger partial charge on any atom is 0.269 e. The van der Waals surface area contributed by atoms with Gasteiger partial charge >= 0.3 is 0 Å².